The van der Waals surface area contributed by atoms with Gasteiger partial charge >= 0.3 is 0 Å². The monoisotopic (exact) mass is 374 g/mol. The first-order valence-electron chi connectivity index (χ1n) is 8.92. The molecule has 4 heterocycles. The molecule has 1 amide bonds. The Morgan fingerprint density at radius 3 is 2.86 bits per heavy atom. The Morgan fingerprint density at radius 1 is 1.07 bits per heavy atom. The molecule has 2 N–H and O–H groups in total. The number of aromatic nitrogens is 3. The maximum Gasteiger partial charge on any atom is 0.258 e. The van der Waals surface area contributed by atoms with E-state index in [2.05, 4.69) is 15.3 Å². The van der Waals surface area contributed by atoms with Crippen LogP contribution in [0.4, 0.5) is 5.82 Å². The number of amides is 1. The lowest BCUT2D eigenvalue weighted by Gasteiger charge is -2.26. The van der Waals surface area contributed by atoms with E-state index in [9.17, 15) is 9.59 Å². The minimum atomic E-state index is -0.396. The Balaban J connectivity index is 1.64. The fourth-order valence-corrected chi connectivity index (χ4v) is 4.06. The van der Waals surface area contributed by atoms with Gasteiger partial charge in [-0.1, -0.05) is 18.2 Å². The number of para-hydroxylation sites is 2. The quantitative estimate of drug-likeness (QED) is 0.533. The molecule has 6 rings (SSSR count). The van der Waals surface area contributed by atoms with Crippen LogP contribution in [0, 0.1) is 0 Å². The van der Waals surface area contributed by atoms with E-state index in [4.69, 9.17) is 9.47 Å². The highest BCUT2D eigenvalue weighted by molar-refractivity contribution is 5.96. The first-order chi connectivity index (χ1) is 13.7. The average Bonchev–Trinajstić information content (AvgIpc) is 3.30. The number of anilines is 1. The minimum absolute atomic E-state index is 0.153. The molecule has 28 heavy (non-hydrogen) atoms. The number of hydrogen-bond acceptors (Lipinski definition) is 5. The van der Waals surface area contributed by atoms with Gasteiger partial charge in [0.25, 0.3) is 5.56 Å². The summed E-state index contributed by atoms with van der Waals surface area (Å²) in [5.74, 6) is 1.60. The molecule has 2 aromatic carbocycles. The number of nitrogens with one attached hydrogen (secondary N) is 2. The molecule has 138 valence electrons. The minimum Gasteiger partial charge on any atom is -0.454 e. The highest BCUT2D eigenvalue weighted by atomic mass is 16.7. The van der Waals surface area contributed by atoms with Gasteiger partial charge in [-0.25, -0.2) is 4.98 Å². The number of carbonyl (C=O) groups excluding carboxylic acids is 1. The van der Waals surface area contributed by atoms with Gasteiger partial charge in [0.15, 0.2) is 11.5 Å². The first-order valence-corrected chi connectivity index (χ1v) is 8.92. The summed E-state index contributed by atoms with van der Waals surface area (Å²) in [4.78, 5) is 32.8. The van der Waals surface area contributed by atoms with Gasteiger partial charge in [0.2, 0.25) is 18.5 Å². The summed E-state index contributed by atoms with van der Waals surface area (Å²) in [6.45, 7) is 0.169. The predicted molar refractivity (Wildman–Crippen MR) is 101 cm³/mol. The van der Waals surface area contributed by atoms with Gasteiger partial charge < -0.3 is 14.8 Å². The molecule has 0 fully saturated rings. The number of carbonyl (C=O) groups is 1. The van der Waals surface area contributed by atoms with Crippen LogP contribution in [0.3, 0.4) is 0 Å². The number of fused-ring (bicyclic) bond motifs is 6. The SMILES string of the molecule is O=C1C[C@H](c2ccc3c(c2)OCO3)c2c(n3c(nc4ccccc43)[nH]c2=O)N1. The normalized spacial score (nSPS) is 17.7. The van der Waals surface area contributed by atoms with E-state index >= 15 is 0 Å². The number of benzene rings is 2. The third-order valence-electron chi connectivity index (χ3n) is 5.30. The second-order valence-corrected chi connectivity index (χ2v) is 6.89. The summed E-state index contributed by atoms with van der Waals surface area (Å²) >= 11 is 0. The zero-order chi connectivity index (χ0) is 18.8. The van der Waals surface area contributed by atoms with Gasteiger partial charge in [-0.3, -0.25) is 19.0 Å². The molecule has 0 aliphatic carbocycles. The maximum atomic E-state index is 13.0. The van der Waals surface area contributed by atoms with Crippen LogP contribution in [0.5, 0.6) is 11.5 Å². The van der Waals surface area contributed by atoms with E-state index in [0.29, 0.717) is 28.7 Å². The molecule has 0 unspecified atom stereocenters. The molecule has 8 nitrogen and oxygen atoms in total. The largest absolute Gasteiger partial charge is 0.454 e. The Kier molecular flexibility index (Phi) is 2.92. The number of imidazole rings is 1. The van der Waals surface area contributed by atoms with Gasteiger partial charge in [-0.05, 0) is 29.8 Å². The van der Waals surface area contributed by atoms with Gasteiger partial charge in [0.1, 0.15) is 5.82 Å². The van der Waals surface area contributed by atoms with Crippen LogP contribution >= 0.6 is 0 Å². The van der Waals surface area contributed by atoms with Gasteiger partial charge in [0, 0.05) is 12.3 Å². The molecule has 0 radical (unpaired) electrons. The van der Waals surface area contributed by atoms with Crippen molar-refractivity contribution in [1.29, 1.82) is 0 Å². The van der Waals surface area contributed by atoms with Crippen LogP contribution in [-0.4, -0.2) is 27.1 Å². The predicted octanol–water partition coefficient (Wildman–Crippen LogP) is 2.38. The van der Waals surface area contributed by atoms with E-state index in [1.54, 1.807) is 4.40 Å². The number of hydrogen-bond donors (Lipinski definition) is 2. The third-order valence-corrected chi connectivity index (χ3v) is 5.30. The molecule has 0 saturated heterocycles. The lowest BCUT2D eigenvalue weighted by Crippen LogP contribution is -2.32. The van der Waals surface area contributed by atoms with Crippen molar-refractivity contribution in [2.45, 2.75) is 12.3 Å². The van der Waals surface area contributed by atoms with Crippen LogP contribution in [0.2, 0.25) is 0 Å². The lowest BCUT2D eigenvalue weighted by atomic mass is 9.86. The zero-order valence-corrected chi connectivity index (χ0v) is 14.6. The van der Waals surface area contributed by atoms with Crippen LogP contribution in [-0.2, 0) is 4.79 Å². The molecule has 2 aliphatic heterocycles. The molecule has 0 spiro atoms. The molecule has 2 aliphatic rings. The Bertz CT molecular complexity index is 1350. The van der Waals surface area contributed by atoms with Crippen LogP contribution in [0.1, 0.15) is 23.5 Å². The van der Waals surface area contributed by atoms with E-state index in [-0.39, 0.29) is 24.7 Å². The van der Waals surface area contributed by atoms with Gasteiger partial charge in [-0.15, -0.1) is 0 Å². The van der Waals surface area contributed by atoms with Crippen LogP contribution < -0.4 is 20.3 Å². The number of rotatable bonds is 1. The summed E-state index contributed by atoms with van der Waals surface area (Å²) in [7, 11) is 0. The number of nitrogens with zero attached hydrogens (tertiary/aromatic N) is 2. The fraction of sp³-hybridized carbons (Fsp3) is 0.150. The van der Waals surface area contributed by atoms with E-state index < -0.39 is 5.92 Å². The van der Waals surface area contributed by atoms with Crippen molar-refractivity contribution in [1.82, 2.24) is 14.4 Å². The standard InChI is InChI=1S/C20H14N4O4/c25-16-8-11(10-5-6-14-15(7-10)28-9-27-14)17-18(22-16)24-13-4-2-1-3-12(13)21-20(24)23-19(17)26/h1-7,11H,8-9H2,(H,22,25)(H,21,23,26)/t11-/m1/s1. The van der Waals surface area contributed by atoms with Gasteiger partial charge in [-0.2, -0.15) is 0 Å². The Hall–Kier alpha value is -3.81. The summed E-state index contributed by atoms with van der Waals surface area (Å²) < 4.78 is 12.6. The van der Waals surface area contributed by atoms with Crippen molar-refractivity contribution in [3.63, 3.8) is 0 Å². The first kappa shape index (κ1) is 15.3. The van der Waals surface area contributed by atoms with Crippen molar-refractivity contribution < 1.29 is 14.3 Å². The Labute approximate surface area is 157 Å². The van der Waals surface area contributed by atoms with Crippen molar-refractivity contribution in [2.24, 2.45) is 0 Å². The van der Waals surface area contributed by atoms with E-state index in [1.807, 2.05) is 42.5 Å². The van der Waals surface area contributed by atoms with Crippen molar-refractivity contribution in [3.05, 3.63) is 63.9 Å². The lowest BCUT2D eigenvalue weighted by molar-refractivity contribution is -0.116. The van der Waals surface area contributed by atoms with Crippen LogP contribution in [0.15, 0.2) is 47.3 Å². The number of ether oxygens (including phenoxy) is 2. The highest BCUT2D eigenvalue weighted by Crippen LogP contribution is 2.40. The topological polar surface area (TPSA) is 97.7 Å². The average molecular weight is 374 g/mol. The fourth-order valence-electron chi connectivity index (χ4n) is 4.06. The second kappa shape index (κ2) is 5.35. The second-order valence-electron chi connectivity index (χ2n) is 6.89. The van der Waals surface area contributed by atoms with Crippen molar-refractivity contribution in [3.8, 4) is 11.5 Å². The van der Waals surface area contributed by atoms with Crippen molar-refractivity contribution in [2.75, 3.05) is 12.1 Å². The number of aromatic amines is 1. The Morgan fingerprint density at radius 2 is 1.93 bits per heavy atom. The summed E-state index contributed by atoms with van der Waals surface area (Å²) in [5, 5.41) is 2.88. The molecular formula is C20H14N4O4. The van der Waals surface area contributed by atoms with E-state index in [0.717, 1.165) is 16.6 Å². The molecule has 2 aromatic heterocycles. The highest BCUT2D eigenvalue weighted by Gasteiger charge is 2.33. The molecule has 1 atom stereocenters. The molecule has 0 bridgehead atoms. The molecular weight excluding hydrogens is 360 g/mol. The summed E-state index contributed by atoms with van der Waals surface area (Å²) in [5.41, 5.74) is 2.63. The molecule has 4 aromatic rings. The maximum absolute atomic E-state index is 13.0. The summed E-state index contributed by atoms with van der Waals surface area (Å²) in [6.07, 6.45) is 0.174. The van der Waals surface area contributed by atoms with Crippen LogP contribution in [0.25, 0.3) is 16.8 Å². The molecule has 8 heteroatoms. The molecule has 0 saturated carbocycles. The number of H-pyrrole nitrogens is 1. The smallest absolute Gasteiger partial charge is 0.258 e. The van der Waals surface area contributed by atoms with Gasteiger partial charge in [0.05, 0.1) is 16.6 Å². The summed E-state index contributed by atoms with van der Waals surface area (Å²) in [6, 6.07) is 13.1. The van der Waals surface area contributed by atoms with E-state index in [1.165, 1.54) is 0 Å². The zero-order valence-electron chi connectivity index (χ0n) is 14.6. The van der Waals surface area contributed by atoms with Crippen molar-refractivity contribution >= 4 is 28.5 Å². The third kappa shape index (κ3) is 2.02.